The molecule has 0 amide bonds. The number of halogens is 1. The standard InChI is InChI=1S/C7H10FN3O2S/c8-5-2-1-3-11-7(5)6(4-10-11)14(9,12)13/h4-5H,1-3H2,(H2,9,12,13). The van der Waals surface area contributed by atoms with Crippen LogP contribution in [0.15, 0.2) is 11.1 Å². The van der Waals surface area contributed by atoms with Crippen molar-refractivity contribution in [2.75, 3.05) is 0 Å². The third-order valence-electron chi connectivity index (χ3n) is 2.28. The zero-order valence-corrected chi connectivity index (χ0v) is 8.17. The largest absolute Gasteiger partial charge is 0.265 e. The molecule has 0 aromatic carbocycles. The minimum Gasteiger partial charge on any atom is -0.265 e. The normalized spacial score (nSPS) is 22.0. The number of aryl methyl sites for hydroxylation is 1. The van der Waals surface area contributed by atoms with E-state index in [-0.39, 0.29) is 10.6 Å². The lowest BCUT2D eigenvalue weighted by molar-refractivity contribution is 0.255. The number of primary sulfonamides is 1. The molecule has 2 N–H and O–H groups in total. The Hall–Kier alpha value is -0.950. The molecule has 78 valence electrons. The zero-order chi connectivity index (χ0) is 10.3. The van der Waals surface area contributed by atoms with Gasteiger partial charge in [0.1, 0.15) is 11.1 Å². The van der Waals surface area contributed by atoms with E-state index in [2.05, 4.69) is 5.10 Å². The average molecular weight is 219 g/mol. The number of hydrogen-bond acceptors (Lipinski definition) is 3. The third kappa shape index (κ3) is 1.42. The average Bonchev–Trinajstić information content (AvgIpc) is 2.47. The van der Waals surface area contributed by atoms with Crippen LogP contribution in [-0.2, 0) is 16.6 Å². The van der Waals surface area contributed by atoms with Crippen LogP contribution in [0.2, 0.25) is 0 Å². The maximum atomic E-state index is 13.4. The van der Waals surface area contributed by atoms with Crippen molar-refractivity contribution in [3.63, 3.8) is 0 Å². The fourth-order valence-electron chi connectivity index (χ4n) is 1.65. The number of sulfonamides is 1. The summed E-state index contributed by atoms with van der Waals surface area (Å²) < 4.78 is 36.9. The van der Waals surface area contributed by atoms with Crippen molar-refractivity contribution in [3.8, 4) is 0 Å². The van der Waals surface area contributed by atoms with Gasteiger partial charge in [-0.1, -0.05) is 0 Å². The lowest BCUT2D eigenvalue weighted by Gasteiger charge is -2.17. The predicted octanol–water partition coefficient (Wildman–Crippen LogP) is 0.335. The first kappa shape index (κ1) is 9.60. The van der Waals surface area contributed by atoms with Crippen LogP contribution in [0, 0.1) is 0 Å². The fourth-order valence-corrected chi connectivity index (χ4v) is 2.37. The molecule has 2 heterocycles. The molecule has 0 saturated carbocycles. The zero-order valence-electron chi connectivity index (χ0n) is 7.35. The second-order valence-electron chi connectivity index (χ2n) is 3.27. The fraction of sp³-hybridized carbons (Fsp3) is 0.571. The molecule has 14 heavy (non-hydrogen) atoms. The van der Waals surface area contributed by atoms with Gasteiger partial charge in [-0.15, -0.1) is 0 Å². The van der Waals surface area contributed by atoms with Crippen LogP contribution < -0.4 is 5.14 Å². The first-order valence-electron chi connectivity index (χ1n) is 4.23. The van der Waals surface area contributed by atoms with Gasteiger partial charge in [0, 0.05) is 6.54 Å². The summed E-state index contributed by atoms with van der Waals surface area (Å²) in [5.41, 5.74) is 0.0961. The molecular weight excluding hydrogens is 209 g/mol. The molecular formula is C7H10FN3O2S. The number of nitrogens with zero attached hydrogens (tertiary/aromatic N) is 2. The summed E-state index contributed by atoms with van der Waals surface area (Å²) >= 11 is 0. The van der Waals surface area contributed by atoms with Gasteiger partial charge in [0.05, 0.1) is 11.9 Å². The molecule has 2 rings (SSSR count). The number of hydrogen-bond donors (Lipinski definition) is 1. The third-order valence-corrected chi connectivity index (χ3v) is 3.20. The van der Waals surface area contributed by atoms with Gasteiger partial charge < -0.3 is 0 Å². The highest BCUT2D eigenvalue weighted by Gasteiger charge is 2.28. The molecule has 0 saturated heterocycles. The van der Waals surface area contributed by atoms with Crippen molar-refractivity contribution in [2.24, 2.45) is 5.14 Å². The Kier molecular flexibility index (Phi) is 2.07. The monoisotopic (exact) mass is 219 g/mol. The lowest BCUT2D eigenvalue weighted by Crippen LogP contribution is -2.19. The van der Waals surface area contributed by atoms with Crippen molar-refractivity contribution in [2.45, 2.75) is 30.5 Å². The summed E-state index contributed by atoms with van der Waals surface area (Å²) in [7, 11) is -3.86. The van der Waals surface area contributed by atoms with Gasteiger partial charge in [-0.2, -0.15) is 5.10 Å². The van der Waals surface area contributed by atoms with Gasteiger partial charge in [0.2, 0.25) is 10.0 Å². The van der Waals surface area contributed by atoms with Crippen LogP contribution >= 0.6 is 0 Å². The number of rotatable bonds is 1. The van der Waals surface area contributed by atoms with Gasteiger partial charge in [-0.25, -0.2) is 17.9 Å². The Morgan fingerprint density at radius 3 is 3.00 bits per heavy atom. The van der Waals surface area contributed by atoms with Crippen LogP contribution in [0.25, 0.3) is 0 Å². The molecule has 0 spiro atoms. The highest BCUT2D eigenvalue weighted by atomic mass is 32.2. The van der Waals surface area contributed by atoms with Crippen molar-refractivity contribution in [3.05, 3.63) is 11.9 Å². The van der Waals surface area contributed by atoms with E-state index in [1.165, 1.54) is 4.68 Å². The maximum absolute atomic E-state index is 13.4. The number of nitrogens with two attached hydrogens (primary N) is 1. The molecule has 1 atom stereocenters. The summed E-state index contributed by atoms with van der Waals surface area (Å²) in [6, 6.07) is 0. The summed E-state index contributed by atoms with van der Waals surface area (Å²) in [6.45, 7) is 0.547. The predicted molar refractivity (Wildman–Crippen MR) is 46.7 cm³/mol. The molecule has 1 aromatic rings. The van der Waals surface area contributed by atoms with E-state index in [1.54, 1.807) is 0 Å². The van der Waals surface area contributed by atoms with E-state index in [9.17, 15) is 12.8 Å². The smallest absolute Gasteiger partial charge is 0.241 e. The minimum absolute atomic E-state index is 0.0961. The molecule has 0 fully saturated rings. The van der Waals surface area contributed by atoms with Gasteiger partial charge in [0.25, 0.3) is 0 Å². The van der Waals surface area contributed by atoms with Crippen molar-refractivity contribution in [1.29, 1.82) is 0 Å². The van der Waals surface area contributed by atoms with E-state index in [0.29, 0.717) is 19.4 Å². The highest BCUT2D eigenvalue weighted by Crippen LogP contribution is 2.32. The Morgan fingerprint density at radius 1 is 1.64 bits per heavy atom. The molecule has 7 heteroatoms. The van der Waals surface area contributed by atoms with Gasteiger partial charge >= 0.3 is 0 Å². The van der Waals surface area contributed by atoms with E-state index >= 15 is 0 Å². The first-order valence-corrected chi connectivity index (χ1v) is 5.77. The molecule has 1 aliphatic heterocycles. The van der Waals surface area contributed by atoms with Crippen LogP contribution in [0.4, 0.5) is 4.39 Å². The summed E-state index contributed by atoms with van der Waals surface area (Å²) in [6.07, 6.45) is 0.830. The van der Waals surface area contributed by atoms with Gasteiger partial charge in [-0.05, 0) is 12.8 Å². The molecule has 5 nitrogen and oxygen atoms in total. The Labute approximate surface area is 80.8 Å². The molecule has 1 unspecified atom stereocenters. The minimum atomic E-state index is -3.86. The highest BCUT2D eigenvalue weighted by molar-refractivity contribution is 7.89. The first-order chi connectivity index (χ1) is 6.50. The van der Waals surface area contributed by atoms with Crippen LogP contribution in [-0.4, -0.2) is 18.2 Å². The van der Waals surface area contributed by atoms with Crippen LogP contribution in [0.1, 0.15) is 24.7 Å². The molecule has 1 aromatic heterocycles. The summed E-state index contributed by atoms with van der Waals surface area (Å²) in [5.74, 6) is 0. The summed E-state index contributed by atoms with van der Waals surface area (Å²) in [4.78, 5) is -0.190. The lowest BCUT2D eigenvalue weighted by atomic mass is 10.1. The van der Waals surface area contributed by atoms with Gasteiger partial charge in [-0.3, -0.25) is 4.68 Å². The Balaban J connectivity index is 2.60. The SMILES string of the molecule is NS(=O)(=O)c1cnn2c1C(F)CCC2. The maximum Gasteiger partial charge on any atom is 0.241 e. The van der Waals surface area contributed by atoms with Gasteiger partial charge in [0.15, 0.2) is 0 Å². The topological polar surface area (TPSA) is 78.0 Å². The molecule has 0 aliphatic carbocycles. The number of fused-ring (bicyclic) bond motifs is 1. The molecule has 0 radical (unpaired) electrons. The second-order valence-corrected chi connectivity index (χ2v) is 4.80. The van der Waals surface area contributed by atoms with Crippen LogP contribution in [0.5, 0.6) is 0 Å². The number of alkyl halides is 1. The molecule has 0 bridgehead atoms. The second kappa shape index (κ2) is 3.03. The molecule has 1 aliphatic rings. The summed E-state index contributed by atoms with van der Waals surface area (Å²) in [5, 5.41) is 8.73. The Bertz CT molecular complexity index is 454. The van der Waals surface area contributed by atoms with E-state index < -0.39 is 16.2 Å². The van der Waals surface area contributed by atoms with Crippen molar-refractivity contribution >= 4 is 10.0 Å². The van der Waals surface area contributed by atoms with E-state index in [1.807, 2.05) is 0 Å². The van der Waals surface area contributed by atoms with E-state index in [0.717, 1.165) is 6.20 Å². The van der Waals surface area contributed by atoms with Crippen molar-refractivity contribution in [1.82, 2.24) is 9.78 Å². The van der Waals surface area contributed by atoms with Crippen molar-refractivity contribution < 1.29 is 12.8 Å². The van der Waals surface area contributed by atoms with Crippen LogP contribution in [0.3, 0.4) is 0 Å². The van der Waals surface area contributed by atoms with E-state index in [4.69, 9.17) is 5.14 Å². The number of aromatic nitrogens is 2. The quantitative estimate of drug-likeness (QED) is 0.739. The Morgan fingerprint density at radius 2 is 2.36 bits per heavy atom.